The van der Waals surface area contributed by atoms with Crippen LogP contribution in [0.5, 0.6) is 5.75 Å². The second-order valence-electron chi connectivity index (χ2n) is 8.32. The summed E-state index contributed by atoms with van der Waals surface area (Å²) in [4.78, 5) is 24.9. The van der Waals surface area contributed by atoms with Crippen molar-refractivity contribution in [3.8, 4) is 5.75 Å². The number of halogens is 1. The molecule has 170 valence electrons. The van der Waals surface area contributed by atoms with Crippen LogP contribution in [-0.4, -0.2) is 36.1 Å². The smallest absolute Gasteiger partial charge is 0.328 e. The summed E-state index contributed by atoms with van der Waals surface area (Å²) in [5.41, 5.74) is -0.161. The molecule has 0 aliphatic heterocycles. The monoisotopic (exact) mass is 452 g/mol. The molecule has 1 aromatic heterocycles. The van der Waals surface area contributed by atoms with Crippen molar-refractivity contribution < 1.29 is 17.5 Å². The molecular weight excluding hydrogens is 423 g/mol. The molecule has 1 atom stereocenters. The number of benzene rings is 1. The number of H-pyrrole nitrogens is 1. The lowest BCUT2D eigenvalue weighted by atomic mass is 10.0. The number of rotatable bonds is 12. The minimum Gasteiger partial charge on any atom is -0.490 e. The highest BCUT2D eigenvalue weighted by Gasteiger charge is 2.23. The molecule has 1 saturated carbocycles. The molecule has 0 bridgehead atoms. The lowest BCUT2D eigenvalue weighted by molar-refractivity contribution is 0.285. The molecule has 0 amide bonds. The van der Waals surface area contributed by atoms with Crippen LogP contribution in [0.4, 0.5) is 4.39 Å². The summed E-state index contributed by atoms with van der Waals surface area (Å²) < 4.78 is 45.9. The Balaban J connectivity index is 1.45. The van der Waals surface area contributed by atoms with Gasteiger partial charge in [0.1, 0.15) is 0 Å². The molecule has 1 N–H and O–H groups in total. The number of hydrogen-bond donors (Lipinski definition) is 1. The van der Waals surface area contributed by atoms with Crippen LogP contribution in [0.3, 0.4) is 0 Å². The summed E-state index contributed by atoms with van der Waals surface area (Å²) in [6.45, 7) is 2.74. The van der Waals surface area contributed by atoms with E-state index >= 15 is 0 Å². The van der Waals surface area contributed by atoms with Crippen LogP contribution in [-0.2, 0) is 16.4 Å². The first-order chi connectivity index (χ1) is 14.7. The van der Waals surface area contributed by atoms with Gasteiger partial charge in [-0.1, -0.05) is 19.4 Å². The van der Waals surface area contributed by atoms with Crippen molar-refractivity contribution in [2.75, 3.05) is 18.1 Å². The van der Waals surface area contributed by atoms with E-state index in [2.05, 4.69) is 4.98 Å². The molecular formula is C22H29FN2O5S. The van der Waals surface area contributed by atoms with Crippen molar-refractivity contribution in [2.45, 2.75) is 51.5 Å². The first-order valence-corrected chi connectivity index (χ1v) is 12.5. The van der Waals surface area contributed by atoms with Crippen molar-refractivity contribution in [1.82, 2.24) is 9.55 Å². The maximum absolute atomic E-state index is 14.0. The van der Waals surface area contributed by atoms with Gasteiger partial charge in [-0.25, -0.2) is 17.6 Å². The molecule has 1 heterocycles. The number of aromatic amines is 1. The fraction of sp³-hybridized carbons (Fsp3) is 0.545. The van der Waals surface area contributed by atoms with E-state index in [1.165, 1.54) is 22.9 Å². The highest BCUT2D eigenvalue weighted by molar-refractivity contribution is 7.91. The second kappa shape index (κ2) is 10.3. The Bertz CT molecular complexity index is 1110. The van der Waals surface area contributed by atoms with Crippen molar-refractivity contribution >= 4 is 9.84 Å². The van der Waals surface area contributed by atoms with E-state index in [0.29, 0.717) is 38.3 Å². The van der Waals surface area contributed by atoms with Gasteiger partial charge >= 0.3 is 5.69 Å². The quantitative estimate of drug-likeness (QED) is 0.500. The van der Waals surface area contributed by atoms with Crippen molar-refractivity contribution in [3.63, 3.8) is 0 Å². The number of aryl methyl sites for hydroxylation is 1. The first-order valence-electron chi connectivity index (χ1n) is 10.7. The molecule has 3 rings (SSSR count). The van der Waals surface area contributed by atoms with Crippen molar-refractivity contribution in [2.24, 2.45) is 5.92 Å². The molecule has 9 heteroatoms. The largest absolute Gasteiger partial charge is 0.490 e. The average Bonchev–Trinajstić information content (AvgIpc) is 3.52. The van der Waals surface area contributed by atoms with Crippen LogP contribution in [0.25, 0.3) is 0 Å². The van der Waals surface area contributed by atoms with Crippen molar-refractivity contribution in [3.05, 3.63) is 62.7 Å². The molecule has 1 aliphatic carbocycles. The third-order valence-corrected chi connectivity index (χ3v) is 7.37. The van der Waals surface area contributed by atoms with Crippen LogP contribution >= 0.6 is 0 Å². The molecule has 1 aliphatic rings. The molecule has 0 spiro atoms. The number of hydrogen-bond acceptors (Lipinski definition) is 5. The zero-order chi connectivity index (χ0) is 22.4. The van der Waals surface area contributed by atoms with Gasteiger partial charge in [0.05, 0.1) is 18.1 Å². The Morgan fingerprint density at radius 1 is 1.19 bits per heavy atom. The number of ether oxygens (including phenoxy) is 1. The van der Waals surface area contributed by atoms with Crippen molar-refractivity contribution in [1.29, 1.82) is 0 Å². The lowest BCUT2D eigenvalue weighted by Crippen LogP contribution is -2.28. The highest BCUT2D eigenvalue weighted by atomic mass is 32.2. The van der Waals surface area contributed by atoms with Gasteiger partial charge in [-0.3, -0.25) is 9.78 Å². The molecule has 31 heavy (non-hydrogen) atoms. The second-order valence-corrected chi connectivity index (χ2v) is 10.6. The fourth-order valence-electron chi connectivity index (χ4n) is 3.39. The fourth-order valence-corrected chi connectivity index (χ4v) is 5.16. The number of sulfone groups is 1. The normalized spacial score (nSPS) is 15.0. The van der Waals surface area contributed by atoms with Gasteiger partial charge in [0, 0.05) is 18.8 Å². The van der Waals surface area contributed by atoms with Gasteiger partial charge in [0.2, 0.25) is 0 Å². The first kappa shape index (κ1) is 23.2. The van der Waals surface area contributed by atoms with E-state index in [9.17, 15) is 22.4 Å². The number of aromatic nitrogens is 2. The standard InChI is InChI=1S/C22H29FN2O5S/c1-16(18-7-8-19(23)20(13-18)30-14-17-5-6-17)15-31(28,29)12-4-2-3-10-25-11-9-21(26)24-22(25)27/h7-9,11,13,16-17H,2-6,10,12,14-15H2,1H3,(H,24,26,27)/t16-/m1/s1. The van der Waals surface area contributed by atoms with E-state index < -0.39 is 26.9 Å². The van der Waals surface area contributed by atoms with Gasteiger partial charge in [-0.15, -0.1) is 0 Å². The molecule has 7 nitrogen and oxygen atoms in total. The van der Waals surface area contributed by atoms with E-state index in [1.54, 1.807) is 12.1 Å². The third-order valence-electron chi connectivity index (χ3n) is 5.45. The van der Waals surface area contributed by atoms with E-state index in [-0.39, 0.29) is 23.2 Å². The predicted molar refractivity (Wildman–Crippen MR) is 117 cm³/mol. The molecule has 2 aromatic rings. The Labute approximate surface area is 181 Å². The predicted octanol–water partition coefficient (Wildman–Crippen LogP) is 2.85. The van der Waals surface area contributed by atoms with Gasteiger partial charge in [-0.05, 0) is 55.2 Å². The van der Waals surface area contributed by atoms with Gasteiger partial charge in [0.25, 0.3) is 5.56 Å². The Morgan fingerprint density at radius 2 is 1.97 bits per heavy atom. The Hall–Kier alpha value is -2.42. The summed E-state index contributed by atoms with van der Waals surface area (Å²) in [5.74, 6) is 0.0361. The third kappa shape index (κ3) is 7.34. The Morgan fingerprint density at radius 3 is 2.68 bits per heavy atom. The minimum absolute atomic E-state index is 0.0138. The van der Waals surface area contributed by atoms with E-state index in [1.807, 2.05) is 6.92 Å². The molecule has 1 aromatic carbocycles. The molecule has 0 radical (unpaired) electrons. The zero-order valence-electron chi connectivity index (χ0n) is 17.7. The Kier molecular flexibility index (Phi) is 7.69. The number of nitrogens with one attached hydrogen (secondary N) is 1. The summed E-state index contributed by atoms with van der Waals surface area (Å²) in [5, 5.41) is 0. The number of nitrogens with zero attached hydrogens (tertiary/aromatic N) is 1. The lowest BCUT2D eigenvalue weighted by Gasteiger charge is -2.15. The van der Waals surface area contributed by atoms with Crippen LogP contribution < -0.4 is 16.0 Å². The summed E-state index contributed by atoms with van der Waals surface area (Å²) in [6, 6.07) is 5.84. The molecule has 0 saturated heterocycles. The van der Waals surface area contributed by atoms with Gasteiger partial charge < -0.3 is 9.30 Å². The average molecular weight is 453 g/mol. The maximum atomic E-state index is 14.0. The van der Waals surface area contributed by atoms with E-state index in [4.69, 9.17) is 4.74 Å². The topological polar surface area (TPSA) is 98.2 Å². The van der Waals surface area contributed by atoms with E-state index in [0.717, 1.165) is 18.4 Å². The maximum Gasteiger partial charge on any atom is 0.328 e. The highest BCUT2D eigenvalue weighted by Crippen LogP contribution is 2.31. The minimum atomic E-state index is -3.28. The van der Waals surface area contributed by atoms with Gasteiger partial charge in [0.15, 0.2) is 21.4 Å². The summed E-state index contributed by atoms with van der Waals surface area (Å²) in [7, 11) is -3.28. The summed E-state index contributed by atoms with van der Waals surface area (Å²) >= 11 is 0. The zero-order valence-corrected chi connectivity index (χ0v) is 18.5. The van der Waals surface area contributed by atoms with Crippen LogP contribution in [0.2, 0.25) is 0 Å². The molecule has 1 fully saturated rings. The van der Waals surface area contributed by atoms with Gasteiger partial charge in [-0.2, -0.15) is 0 Å². The van der Waals surface area contributed by atoms with Crippen LogP contribution in [0.1, 0.15) is 50.5 Å². The SMILES string of the molecule is C[C@H](CS(=O)(=O)CCCCCn1ccc(=O)[nH]c1=O)c1ccc(F)c(OCC2CC2)c1. The van der Waals surface area contributed by atoms with Crippen LogP contribution in [0.15, 0.2) is 40.1 Å². The molecule has 0 unspecified atom stereocenters. The number of unbranched alkanes of at least 4 members (excludes halogenated alkanes) is 2. The van der Waals surface area contributed by atoms with Crippen LogP contribution in [0, 0.1) is 11.7 Å². The summed E-state index contributed by atoms with van der Waals surface area (Å²) in [6.07, 6.45) is 5.43.